The number of aliphatic carboxylic acids is 1. The second-order valence-electron chi connectivity index (χ2n) is 6.96. The number of nitrogens with one attached hydrogen (secondary N) is 1. The Bertz CT molecular complexity index is 1050. The normalized spacial score (nSPS) is 17.1. The number of anilines is 1. The molecule has 4 rings (SSSR count). The van der Waals surface area contributed by atoms with Gasteiger partial charge in [0.2, 0.25) is 0 Å². The lowest BCUT2D eigenvalue weighted by atomic mass is 10.1. The summed E-state index contributed by atoms with van der Waals surface area (Å²) < 4.78 is 6.14. The van der Waals surface area contributed by atoms with Crippen LogP contribution in [-0.4, -0.2) is 50.2 Å². The van der Waals surface area contributed by atoms with Crippen molar-refractivity contribution in [3.63, 3.8) is 0 Å². The van der Waals surface area contributed by atoms with Gasteiger partial charge in [-0.25, -0.2) is 19.7 Å². The Hall–Kier alpha value is -3.42. The number of aromatic amines is 1. The first-order valence-corrected chi connectivity index (χ1v) is 9.73. The Kier molecular flexibility index (Phi) is 5.41. The second kappa shape index (κ2) is 8.30. The van der Waals surface area contributed by atoms with E-state index >= 15 is 0 Å². The molecule has 0 spiro atoms. The largest absolute Gasteiger partial charge is 0.491 e. The van der Waals surface area contributed by atoms with Crippen molar-refractivity contribution in [2.24, 2.45) is 0 Å². The average molecular weight is 393 g/mol. The van der Waals surface area contributed by atoms with Gasteiger partial charge in [-0.05, 0) is 31.4 Å². The minimum atomic E-state index is -0.906. The number of carboxylic acids is 1. The minimum absolute atomic E-state index is 0.165. The number of ether oxygens (including phenoxy) is 1. The first-order chi connectivity index (χ1) is 14.2. The lowest BCUT2D eigenvalue weighted by Crippen LogP contribution is -2.35. The zero-order chi connectivity index (χ0) is 20.2. The molecule has 1 atom stereocenters. The Balaban J connectivity index is 1.54. The number of benzene rings is 1. The fourth-order valence-electron chi connectivity index (χ4n) is 3.68. The van der Waals surface area contributed by atoms with Crippen LogP contribution in [-0.2, 0) is 4.79 Å². The fraction of sp³-hybridized carbons (Fsp3) is 0.333. The summed E-state index contributed by atoms with van der Waals surface area (Å²) in [7, 11) is 0. The van der Waals surface area contributed by atoms with Gasteiger partial charge in [-0.1, -0.05) is 25.1 Å². The molecule has 3 aromatic rings. The number of nitrogens with zero attached hydrogens (tertiary/aromatic N) is 4. The average Bonchev–Trinajstić information content (AvgIpc) is 3.39. The molecule has 8 nitrogen and oxygen atoms in total. The highest BCUT2D eigenvalue weighted by Gasteiger charge is 2.28. The van der Waals surface area contributed by atoms with Crippen LogP contribution in [0.2, 0.25) is 0 Å². The highest BCUT2D eigenvalue weighted by molar-refractivity contribution is 5.92. The van der Waals surface area contributed by atoms with Crippen LogP contribution in [0.25, 0.3) is 17.2 Å². The summed E-state index contributed by atoms with van der Waals surface area (Å²) in [6.07, 6.45) is 7.34. The van der Waals surface area contributed by atoms with Gasteiger partial charge in [0.15, 0.2) is 11.5 Å². The highest BCUT2D eigenvalue weighted by atomic mass is 16.5. The third-order valence-electron chi connectivity index (χ3n) is 5.19. The van der Waals surface area contributed by atoms with E-state index < -0.39 is 5.97 Å². The van der Waals surface area contributed by atoms with Crippen LogP contribution >= 0.6 is 0 Å². The molecule has 0 saturated carbocycles. The SMILES string of the molecule is CCC(=Cc1ccccc1OC[C@H]1CCCN1c1ncnc2nc[nH]c12)C(=O)O. The maximum atomic E-state index is 11.4. The number of carbonyl (C=O) groups is 1. The molecule has 0 aliphatic carbocycles. The first kappa shape index (κ1) is 18.9. The van der Waals surface area contributed by atoms with Gasteiger partial charge in [0.1, 0.15) is 24.2 Å². The van der Waals surface area contributed by atoms with Crippen molar-refractivity contribution in [1.29, 1.82) is 0 Å². The van der Waals surface area contributed by atoms with Gasteiger partial charge in [-0.2, -0.15) is 0 Å². The van der Waals surface area contributed by atoms with Crippen molar-refractivity contribution in [3.8, 4) is 5.75 Å². The van der Waals surface area contributed by atoms with E-state index in [0.717, 1.165) is 36.3 Å². The maximum absolute atomic E-state index is 11.4. The predicted molar refractivity (Wildman–Crippen MR) is 110 cm³/mol. The van der Waals surface area contributed by atoms with Gasteiger partial charge < -0.3 is 19.7 Å². The third-order valence-corrected chi connectivity index (χ3v) is 5.19. The van der Waals surface area contributed by atoms with E-state index in [-0.39, 0.29) is 6.04 Å². The zero-order valence-electron chi connectivity index (χ0n) is 16.2. The topological polar surface area (TPSA) is 104 Å². The minimum Gasteiger partial charge on any atom is -0.491 e. The van der Waals surface area contributed by atoms with Crippen LogP contribution in [0.15, 0.2) is 42.5 Å². The number of hydrogen-bond donors (Lipinski definition) is 2. The summed E-state index contributed by atoms with van der Waals surface area (Å²) in [6.45, 7) is 3.20. The number of hydrogen-bond acceptors (Lipinski definition) is 6. The van der Waals surface area contributed by atoms with E-state index in [4.69, 9.17) is 4.74 Å². The first-order valence-electron chi connectivity index (χ1n) is 9.73. The Morgan fingerprint density at radius 1 is 1.34 bits per heavy atom. The smallest absolute Gasteiger partial charge is 0.331 e. The number of carboxylic acid groups (broad SMARTS) is 1. The number of aromatic nitrogens is 4. The van der Waals surface area contributed by atoms with Crippen LogP contribution in [0, 0.1) is 0 Å². The van der Waals surface area contributed by atoms with Crippen LogP contribution in [0.4, 0.5) is 5.82 Å². The van der Waals surface area contributed by atoms with E-state index in [1.54, 1.807) is 12.4 Å². The van der Waals surface area contributed by atoms with Gasteiger partial charge in [-0.15, -0.1) is 0 Å². The molecule has 1 aliphatic heterocycles. The summed E-state index contributed by atoms with van der Waals surface area (Å²) in [5.74, 6) is 0.614. The van der Waals surface area contributed by atoms with Gasteiger partial charge in [0.05, 0.1) is 12.4 Å². The number of H-pyrrole nitrogens is 1. The molecule has 2 aromatic heterocycles. The lowest BCUT2D eigenvalue weighted by Gasteiger charge is -2.26. The van der Waals surface area contributed by atoms with Crippen LogP contribution < -0.4 is 9.64 Å². The van der Waals surface area contributed by atoms with Crippen molar-refractivity contribution in [2.45, 2.75) is 32.2 Å². The Labute approximate surface area is 168 Å². The number of rotatable bonds is 7. The van der Waals surface area contributed by atoms with Crippen LogP contribution in [0.1, 0.15) is 31.7 Å². The van der Waals surface area contributed by atoms with Crippen molar-refractivity contribution < 1.29 is 14.6 Å². The summed E-state index contributed by atoms with van der Waals surface area (Å²) in [5.41, 5.74) is 2.61. The number of fused-ring (bicyclic) bond motifs is 1. The molecule has 3 heterocycles. The molecule has 0 amide bonds. The molecule has 29 heavy (non-hydrogen) atoms. The van der Waals surface area contributed by atoms with Gasteiger partial charge >= 0.3 is 5.97 Å². The summed E-state index contributed by atoms with van der Waals surface area (Å²) >= 11 is 0. The number of imidazole rings is 1. The molecule has 150 valence electrons. The lowest BCUT2D eigenvalue weighted by molar-refractivity contribution is -0.132. The third kappa shape index (κ3) is 3.91. The molecule has 0 bridgehead atoms. The molecule has 1 fully saturated rings. The summed E-state index contributed by atoms with van der Waals surface area (Å²) in [6, 6.07) is 7.69. The van der Waals surface area contributed by atoms with Crippen molar-refractivity contribution in [3.05, 3.63) is 48.1 Å². The Morgan fingerprint density at radius 3 is 3.03 bits per heavy atom. The monoisotopic (exact) mass is 393 g/mol. The molecular weight excluding hydrogens is 370 g/mol. The molecule has 2 N–H and O–H groups in total. The van der Waals surface area contributed by atoms with E-state index in [2.05, 4.69) is 24.8 Å². The van der Waals surface area contributed by atoms with Crippen molar-refractivity contribution in [1.82, 2.24) is 19.9 Å². The van der Waals surface area contributed by atoms with Gasteiger partial charge in [0.25, 0.3) is 0 Å². The molecule has 8 heteroatoms. The quantitative estimate of drug-likeness (QED) is 0.594. The van der Waals surface area contributed by atoms with Crippen LogP contribution in [0.3, 0.4) is 0 Å². The van der Waals surface area contributed by atoms with Gasteiger partial charge in [-0.3, -0.25) is 0 Å². The highest BCUT2D eigenvalue weighted by Crippen LogP contribution is 2.29. The predicted octanol–water partition coefficient (Wildman–Crippen LogP) is 3.28. The molecule has 0 unspecified atom stereocenters. The van der Waals surface area contributed by atoms with Gasteiger partial charge in [0, 0.05) is 17.7 Å². The molecule has 0 radical (unpaired) electrons. The van der Waals surface area contributed by atoms with E-state index in [0.29, 0.717) is 30.0 Å². The van der Waals surface area contributed by atoms with Crippen molar-refractivity contribution >= 4 is 29.0 Å². The Morgan fingerprint density at radius 2 is 2.21 bits per heavy atom. The molecule has 1 aromatic carbocycles. The summed E-state index contributed by atoms with van der Waals surface area (Å²) in [5, 5.41) is 9.32. The molecule has 1 aliphatic rings. The molecular formula is C21H23N5O3. The van der Waals surface area contributed by atoms with E-state index in [1.165, 1.54) is 6.33 Å². The fourth-order valence-corrected chi connectivity index (χ4v) is 3.68. The van der Waals surface area contributed by atoms with E-state index in [1.807, 2.05) is 31.2 Å². The zero-order valence-corrected chi connectivity index (χ0v) is 16.2. The summed E-state index contributed by atoms with van der Waals surface area (Å²) in [4.78, 5) is 29.6. The number of para-hydroxylation sites is 1. The van der Waals surface area contributed by atoms with Crippen LogP contribution in [0.5, 0.6) is 5.75 Å². The molecule has 1 saturated heterocycles. The second-order valence-corrected chi connectivity index (χ2v) is 6.96. The maximum Gasteiger partial charge on any atom is 0.331 e. The standard InChI is InChI=1S/C21H23N5O3/c1-2-14(21(27)28)10-15-6-3-4-8-17(15)29-11-16-7-5-9-26(16)20-18-19(23-12-22-18)24-13-25-20/h3-4,6,8,10,12-13,16H,2,5,7,9,11H2,1H3,(H,27,28)(H,22,23,24,25)/t16-/m1/s1. The van der Waals surface area contributed by atoms with Crippen molar-refractivity contribution in [2.75, 3.05) is 18.1 Å². The van der Waals surface area contributed by atoms with E-state index in [9.17, 15) is 9.90 Å².